The zero-order valence-electron chi connectivity index (χ0n) is 12.7. The first-order chi connectivity index (χ1) is 10.5. The third kappa shape index (κ3) is 2.64. The summed E-state index contributed by atoms with van der Waals surface area (Å²) in [6, 6.07) is 9.10. The molecule has 5 nitrogen and oxygen atoms in total. The van der Waals surface area contributed by atoms with E-state index in [1.807, 2.05) is 18.2 Å². The average molecular weight is 304 g/mol. The number of methoxy groups -OCH3 is 2. The molecule has 0 heterocycles. The second-order valence-electron chi connectivity index (χ2n) is 5.57. The molecule has 1 unspecified atom stereocenters. The lowest BCUT2D eigenvalue weighted by Crippen LogP contribution is -2.39. The maximum atomic E-state index is 12.1. The molecule has 0 bridgehead atoms. The first-order valence-corrected chi connectivity index (χ1v) is 7.04. The quantitative estimate of drug-likeness (QED) is 0.523. The highest BCUT2D eigenvalue weighted by Crippen LogP contribution is 2.50. The molecule has 2 atom stereocenters. The number of hydrogen-bond donors (Lipinski definition) is 1. The monoisotopic (exact) mass is 304 g/mol. The van der Waals surface area contributed by atoms with Gasteiger partial charge in [0.25, 0.3) is 0 Å². The van der Waals surface area contributed by atoms with Crippen LogP contribution in [0.1, 0.15) is 24.5 Å². The van der Waals surface area contributed by atoms with Crippen LogP contribution in [-0.2, 0) is 19.1 Å². The molecule has 1 saturated carbocycles. The molecule has 1 aliphatic carbocycles. The fourth-order valence-electron chi connectivity index (χ4n) is 3.11. The van der Waals surface area contributed by atoms with Crippen LogP contribution in [-0.4, -0.2) is 31.3 Å². The van der Waals surface area contributed by atoms with Crippen LogP contribution < -0.4 is 0 Å². The smallest absolute Gasteiger partial charge is 0.323 e. The minimum Gasteiger partial charge on any atom is -0.468 e. The van der Waals surface area contributed by atoms with Gasteiger partial charge in [-0.3, -0.25) is 9.59 Å². The summed E-state index contributed by atoms with van der Waals surface area (Å²) in [6.07, 6.45) is -0.577. The van der Waals surface area contributed by atoms with Crippen molar-refractivity contribution in [2.45, 2.75) is 18.9 Å². The van der Waals surface area contributed by atoms with E-state index in [0.29, 0.717) is 5.57 Å². The van der Waals surface area contributed by atoms with E-state index in [1.165, 1.54) is 14.2 Å². The highest BCUT2D eigenvalue weighted by molar-refractivity contribution is 6.01. The normalized spacial score (nSPS) is 21.2. The summed E-state index contributed by atoms with van der Waals surface area (Å²) in [7, 11) is 2.47. The molecule has 1 N–H and O–H groups in total. The highest BCUT2D eigenvalue weighted by atomic mass is 16.5. The minimum absolute atomic E-state index is 0.126. The van der Waals surface area contributed by atoms with Crippen molar-refractivity contribution in [3.63, 3.8) is 0 Å². The van der Waals surface area contributed by atoms with Crippen molar-refractivity contribution >= 4 is 11.9 Å². The SMILES string of the molecule is C=C1CC(C(=O)OC)(C(=O)OC)CC1[C@@H](O)c1ccccc1. The third-order valence-corrected chi connectivity index (χ3v) is 4.30. The third-order valence-electron chi connectivity index (χ3n) is 4.30. The van der Waals surface area contributed by atoms with Crippen LogP contribution in [0.15, 0.2) is 42.5 Å². The number of esters is 2. The topological polar surface area (TPSA) is 72.8 Å². The van der Waals surface area contributed by atoms with Gasteiger partial charge in [0.2, 0.25) is 0 Å². The van der Waals surface area contributed by atoms with Gasteiger partial charge in [-0.25, -0.2) is 0 Å². The van der Waals surface area contributed by atoms with Gasteiger partial charge >= 0.3 is 11.9 Å². The van der Waals surface area contributed by atoms with E-state index in [9.17, 15) is 14.7 Å². The van der Waals surface area contributed by atoms with Crippen LogP contribution in [0.3, 0.4) is 0 Å². The first kappa shape index (κ1) is 16.2. The van der Waals surface area contributed by atoms with Gasteiger partial charge in [-0.05, 0) is 18.4 Å². The van der Waals surface area contributed by atoms with Gasteiger partial charge in [-0.15, -0.1) is 0 Å². The molecule has 0 saturated heterocycles. The molecule has 118 valence electrons. The molecule has 0 amide bonds. The Morgan fingerprint density at radius 3 is 2.27 bits per heavy atom. The largest absolute Gasteiger partial charge is 0.468 e. The minimum atomic E-state index is -1.42. The summed E-state index contributed by atoms with van der Waals surface area (Å²) < 4.78 is 9.56. The van der Waals surface area contributed by atoms with Crippen LogP contribution >= 0.6 is 0 Å². The lowest BCUT2D eigenvalue weighted by molar-refractivity contribution is -0.169. The van der Waals surface area contributed by atoms with Crippen LogP contribution in [0.4, 0.5) is 0 Å². The van der Waals surface area contributed by atoms with Gasteiger partial charge in [0, 0.05) is 5.92 Å². The van der Waals surface area contributed by atoms with Gasteiger partial charge in [-0.2, -0.15) is 0 Å². The number of benzene rings is 1. The lowest BCUT2D eigenvalue weighted by Gasteiger charge is -2.24. The Morgan fingerprint density at radius 1 is 1.23 bits per heavy atom. The highest BCUT2D eigenvalue weighted by Gasteiger charge is 2.56. The number of rotatable bonds is 4. The van der Waals surface area contributed by atoms with E-state index in [0.717, 1.165) is 5.56 Å². The van der Waals surface area contributed by atoms with Crippen LogP contribution in [0.25, 0.3) is 0 Å². The summed E-state index contributed by atoms with van der Waals surface area (Å²) in [4.78, 5) is 24.3. The van der Waals surface area contributed by atoms with Crippen molar-refractivity contribution in [1.82, 2.24) is 0 Å². The Labute approximate surface area is 129 Å². The molecule has 1 fully saturated rings. The van der Waals surface area contributed by atoms with E-state index < -0.39 is 29.4 Å². The van der Waals surface area contributed by atoms with Gasteiger partial charge < -0.3 is 14.6 Å². The Hall–Kier alpha value is -2.14. The first-order valence-electron chi connectivity index (χ1n) is 7.04. The van der Waals surface area contributed by atoms with E-state index in [2.05, 4.69) is 6.58 Å². The summed E-state index contributed by atoms with van der Waals surface area (Å²) in [5.41, 5.74) is -0.0487. The second kappa shape index (κ2) is 6.32. The number of carbonyl (C=O) groups excluding carboxylic acids is 2. The summed E-state index contributed by atoms with van der Waals surface area (Å²) in [5.74, 6) is -1.70. The fourth-order valence-corrected chi connectivity index (χ4v) is 3.11. The second-order valence-corrected chi connectivity index (χ2v) is 5.57. The zero-order chi connectivity index (χ0) is 16.3. The maximum absolute atomic E-state index is 12.1. The van der Waals surface area contributed by atoms with Gasteiger partial charge in [0.1, 0.15) is 0 Å². The predicted octanol–water partition coefficient (Wildman–Crippen LogP) is 2.02. The molecule has 1 aromatic rings. The zero-order valence-corrected chi connectivity index (χ0v) is 12.7. The van der Waals surface area contributed by atoms with Gasteiger partial charge in [-0.1, -0.05) is 42.5 Å². The molecular formula is C17H20O5. The molecule has 1 aromatic carbocycles. The standard InChI is InChI=1S/C17H20O5/c1-11-9-17(15(19)21-2,16(20)22-3)10-13(11)14(18)12-7-5-4-6-8-12/h4-8,13-14,18H,1,9-10H2,2-3H3/t13?,14-/m0/s1. The average Bonchev–Trinajstić information content (AvgIpc) is 2.92. The Bertz CT molecular complexity index is 562. The van der Waals surface area contributed by atoms with Crippen molar-refractivity contribution in [1.29, 1.82) is 0 Å². The summed E-state index contributed by atoms with van der Waals surface area (Å²) >= 11 is 0. The summed E-state index contributed by atoms with van der Waals surface area (Å²) in [6.45, 7) is 3.94. The van der Waals surface area contributed by atoms with Gasteiger partial charge in [0.15, 0.2) is 5.41 Å². The molecule has 1 aliphatic rings. The van der Waals surface area contributed by atoms with E-state index in [-0.39, 0.29) is 12.8 Å². The summed E-state index contributed by atoms with van der Waals surface area (Å²) in [5, 5.41) is 10.6. The molecule has 0 spiro atoms. The molecule has 22 heavy (non-hydrogen) atoms. The van der Waals surface area contributed by atoms with Crippen LogP contribution in [0.5, 0.6) is 0 Å². The van der Waals surface area contributed by atoms with Crippen LogP contribution in [0, 0.1) is 11.3 Å². The van der Waals surface area contributed by atoms with Crippen molar-refractivity contribution in [2.75, 3.05) is 14.2 Å². The molecule has 0 aliphatic heterocycles. The lowest BCUT2D eigenvalue weighted by atomic mass is 9.83. The van der Waals surface area contributed by atoms with Crippen LogP contribution in [0.2, 0.25) is 0 Å². The van der Waals surface area contributed by atoms with Crippen molar-refractivity contribution in [3.8, 4) is 0 Å². The van der Waals surface area contributed by atoms with Crippen molar-refractivity contribution < 1.29 is 24.2 Å². The molecule has 0 aromatic heterocycles. The Morgan fingerprint density at radius 2 is 1.77 bits per heavy atom. The maximum Gasteiger partial charge on any atom is 0.323 e. The van der Waals surface area contributed by atoms with E-state index >= 15 is 0 Å². The number of aliphatic hydroxyl groups is 1. The number of ether oxygens (including phenoxy) is 2. The predicted molar refractivity (Wildman–Crippen MR) is 79.7 cm³/mol. The number of carbonyl (C=O) groups is 2. The molecule has 2 rings (SSSR count). The van der Waals surface area contributed by atoms with Gasteiger partial charge in [0.05, 0.1) is 20.3 Å². The van der Waals surface area contributed by atoms with Crippen molar-refractivity contribution in [2.24, 2.45) is 11.3 Å². The Balaban J connectivity index is 2.32. The number of aliphatic hydroxyl groups excluding tert-OH is 1. The molecule has 0 radical (unpaired) electrons. The van der Waals surface area contributed by atoms with E-state index in [4.69, 9.17) is 9.47 Å². The van der Waals surface area contributed by atoms with Crippen molar-refractivity contribution in [3.05, 3.63) is 48.0 Å². The fraction of sp³-hybridized carbons (Fsp3) is 0.412. The van der Waals surface area contributed by atoms with E-state index in [1.54, 1.807) is 12.1 Å². The molecular weight excluding hydrogens is 284 g/mol. The Kier molecular flexibility index (Phi) is 4.66. The number of hydrogen-bond acceptors (Lipinski definition) is 5. The molecule has 5 heteroatoms.